The van der Waals surface area contributed by atoms with Crippen LogP contribution in [0.4, 0.5) is 0 Å². The predicted molar refractivity (Wildman–Crippen MR) is 90.2 cm³/mol. The Bertz CT molecular complexity index is 707. The molecule has 1 saturated heterocycles. The normalized spacial score (nSPS) is 25.7. The fourth-order valence-electron chi connectivity index (χ4n) is 3.70. The van der Waals surface area contributed by atoms with Crippen LogP contribution in [0.25, 0.3) is 0 Å². The number of aliphatic carboxylic acids is 1. The van der Waals surface area contributed by atoms with Crippen molar-refractivity contribution in [2.75, 3.05) is 13.1 Å². The highest BCUT2D eigenvalue weighted by Gasteiger charge is 2.46. The SMILES string of the molecule is O=C(NC1CC1)c1ccc(C(=O)N2C[C@H](C(=O)O)[C@@H](C3CC3)C2)cc1. The van der Waals surface area contributed by atoms with E-state index in [1.807, 2.05) is 0 Å². The topological polar surface area (TPSA) is 86.7 Å². The second-order valence-corrected chi connectivity index (χ2v) is 7.48. The number of rotatable bonds is 5. The largest absolute Gasteiger partial charge is 0.481 e. The zero-order valence-corrected chi connectivity index (χ0v) is 14.0. The van der Waals surface area contributed by atoms with Crippen LogP contribution in [0, 0.1) is 17.8 Å². The molecule has 2 saturated carbocycles. The molecule has 3 aliphatic rings. The quantitative estimate of drug-likeness (QED) is 0.854. The van der Waals surface area contributed by atoms with Crippen LogP contribution in [0.3, 0.4) is 0 Å². The lowest BCUT2D eigenvalue weighted by Gasteiger charge is -2.16. The van der Waals surface area contributed by atoms with Gasteiger partial charge in [0.05, 0.1) is 5.92 Å². The lowest BCUT2D eigenvalue weighted by molar-refractivity contribution is -0.142. The maximum Gasteiger partial charge on any atom is 0.308 e. The molecule has 3 fully saturated rings. The molecule has 1 aromatic carbocycles. The van der Waals surface area contributed by atoms with Crippen LogP contribution in [0.5, 0.6) is 0 Å². The minimum atomic E-state index is -0.806. The van der Waals surface area contributed by atoms with Gasteiger partial charge in [0.15, 0.2) is 0 Å². The molecule has 6 nitrogen and oxygen atoms in total. The number of carboxylic acid groups (broad SMARTS) is 1. The van der Waals surface area contributed by atoms with E-state index in [2.05, 4.69) is 5.32 Å². The van der Waals surface area contributed by atoms with Crippen LogP contribution in [0.15, 0.2) is 24.3 Å². The first kappa shape index (κ1) is 16.1. The van der Waals surface area contributed by atoms with Gasteiger partial charge in [0.1, 0.15) is 0 Å². The molecule has 0 unspecified atom stereocenters. The molecule has 1 aliphatic heterocycles. The van der Waals surface area contributed by atoms with Gasteiger partial charge in [-0.25, -0.2) is 0 Å². The lowest BCUT2D eigenvalue weighted by atomic mass is 9.92. The summed E-state index contributed by atoms with van der Waals surface area (Å²) in [5.41, 5.74) is 1.05. The Morgan fingerprint density at radius 1 is 0.960 bits per heavy atom. The average molecular weight is 342 g/mol. The van der Waals surface area contributed by atoms with Crippen molar-refractivity contribution < 1.29 is 19.5 Å². The number of carboxylic acids is 1. The minimum Gasteiger partial charge on any atom is -0.481 e. The van der Waals surface area contributed by atoms with Crippen molar-refractivity contribution in [3.8, 4) is 0 Å². The molecule has 1 heterocycles. The molecular formula is C19H22N2O4. The van der Waals surface area contributed by atoms with E-state index in [0.29, 0.717) is 29.6 Å². The summed E-state index contributed by atoms with van der Waals surface area (Å²) in [6.07, 6.45) is 4.21. The Morgan fingerprint density at radius 3 is 2.16 bits per heavy atom. The highest BCUT2D eigenvalue weighted by atomic mass is 16.4. The third kappa shape index (κ3) is 3.38. The van der Waals surface area contributed by atoms with Crippen LogP contribution in [-0.2, 0) is 4.79 Å². The third-order valence-corrected chi connectivity index (χ3v) is 5.50. The fraction of sp³-hybridized carbons (Fsp3) is 0.526. The Balaban J connectivity index is 1.43. The van der Waals surface area contributed by atoms with Crippen molar-refractivity contribution in [1.29, 1.82) is 0 Å². The van der Waals surface area contributed by atoms with Crippen LogP contribution in [-0.4, -0.2) is 46.9 Å². The highest BCUT2D eigenvalue weighted by Crippen LogP contribution is 2.44. The molecule has 4 rings (SSSR count). The van der Waals surface area contributed by atoms with E-state index in [9.17, 15) is 19.5 Å². The number of nitrogens with one attached hydrogen (secondary N) is 1. The highest BCUT2D eigenvalue weighted by molar-refractivity contribution is 5.98. The first-order chi connectivity index (χ1) is 12.0. The number of likely N-dealkylation sites (tertiary alicyclic amines) is 1. The summed E-state index contributed by atoms with van der Waals surface area (Å²) < 4.78 is 0. The molecular weight excluding hydrogens is 320 g/mol. The van der Waals surface area contributed by atoms with E-state index in [1.165, 1.54) is 0 Å². The van der Waals surface area contributed by atoms with E-state index >= 15 is 0 Å². The summed E-state index contributed by atoms with van der Waals surface area (Å²) in [7, 11) is 0. The zero-order chi connectivity index (χ0) is 17.6. The molecule has 0 bridgehead atoms. The van der Waals surface area contributed by atoms with Crippen molar-refractivity contribution in [1.82, 2.24) is 10.2 Å². The Kier molecular flexibility index (Phi) is 3.98. The fourth-order valence-corrected chi connectivity index (χ4v) is 3.70. The van der Waals surface area contributed by atoms with Gasteiger partial charge in [-0.3, -0.25) is 14.4 Å². The summed E-state index contributed by atoms with van der Waals surface area (Å²) in [6, 6.07) is 6.93. The second kappa shape index (κ2) is 6.17. The van der Waals surface area contributed by atoms with Crippen LogP contribution >= 0.6 is 0 Å². The number of nitrogens with zero attached hydrogens (tertiary/aromatic N) is 1. The van der Waals surface area contributed by atoms with Crippen molar-refractivity contribution in [2.45, 2.75) is 31.7 Å². The molecule has 2 N–H and O–H groups in total. The van der Waals surface area contributed by atoms with Gasteiger partial charge >= 0.3 is 5.97 Å². The van der Waals surface area contributed by atoms with Crippen LogP contribution in [0.2, 0.25) is 0 Å². The predicted octanol–water partition coefficient (Wildman–Crippen LogP) is 1.76. The van der Waals surface area contributed by atoms with Gasteiger partial charge in [-0.2, -0.15) is 0 Å². The van der Waals surface area contributed by atoms with E-state index in [4.69, 9.17) is 0 Å². The summed E-state index contributed by atoms with van der Waals surface area (Å²) in [4.78, 5) is 37.8. The summed E-state index contributed by atoms with van der Waals surface area (Å²) in [5.74, 6) is -0.997. The number of hydrogen-bond donors (Lipinski definition) is 2. The van der Waals surface area contributed by atoms with Gasteiger partial charge in [0.2, 0.25) is 0 Å². The monoisotopic (exact) mass is 342 g/mol. The van der Waals surface area contributed by atoms with Crippen molar-refractivity contribution in [2.24, 2.45) is 17.8 Å². The molecule has 2 aliphatic carbocycles. The van der Waals surface area contributed by atoms with Crippen LogP contribution in [0.1, 0.15) is 46.4 Å². The number of hydrogen-bond acceptors (Lipinski definition) is 3. The van der Waals surface area contributed by atoms with E-state index < -0.39 is 11.9 Å². The minimum absolute atomic E-state index is 0.0741. The van der Waals surface area contributed by atoms with Gasteiger partial charge in [0, 0.05) is 30.3 Å². The third-order valence-electron chi connectivity index (χ3n) is 5.50. The molecule has 6 heteroatoms. The molecule has 2 amide bonds. The zero-order valence-electron chi connectivity index (χ0n) is 14.0. The van der Waals surface area contributed by atoms with Crippen molar-refractivity contribution >= 4 is 17.8 Å². The van der Waals surface area contributed by atoms with Crippen LogP contribution < -0.4 is 5.32 Å². The lowest BCUT2D eigenvalue weighted by Crippen LogP contribution is -2.30. The number of carbonyl (C=O) groups is 3. The second-order valence-electron chi connectivity index (χ2n) is 7.48. The van der Waals surface area contributed by atoms with Gasteiger partial charge in [-0.15, -0.1) is 0 Å². The van der Waals surface area contributed by atoms with E-state index in [0.717, 1.165) is 25.7 Å². The Hall–Kier alpha value is -2.37. The smallest absolute Gasteiger partial charge is 0.308 e. The van der Waals surface area contributed by atoms with E-state index in [-0.39, 0.29) is 24.3 Å². The van der Waals surface area contributed by atoms with Gasteiger partial charge in [0.25, 0.3) is 11.8 Å². The maximum absolute atomic E-state index is 12.7. The summed E-state index contributed by atoms with van der Waals surface area (Å²) in [6.45, 7) is 0.795. The molecule has 0 radical (unpaired) electrons. The molecule has 2 atom stereocenters. The first-order valence-corrected chi connectivity index (χ1v) is 8.96. The van der Waals surface area contributed by atoms with Crippen molar-refractivity contribution in [3.05, 3.63) is 35.4 Å². The number of benzene rings is 1. The van der Waals surface area contributed by atoms with Gasteiger partial charge < -0.3 is 15.3 Å². The molecule has 132 valence electrons. The van der Waals surface area contributed by atoms with Gasteiger partial charge in [-0.1, -0.05) is 0 Å². The summed E-state index contributed by atoms with van der Waals surface area (Å²) >= 11 is 0. The Morgan fingerprint density at radius 2 is 1.60 bits per heavy atom. The number of amides is 2. The number of carbonyl (C=O) groups excluding carboxylic acids is 2. The molecule has 25 heavy (non-hydrogen) atoms. The molecule has 0 aromatic heterocycles. The Labute approximate surface area is 146 Å². The van der Waals surface area contributed by atoms with Gasteiger partial charge in [-0.05, 0) is 61.8 Å². The maximum atomic E-state index is 12.7. The van der Waals surface area contributed by atoms with Crippen molar-refractivity contribution in [3.63, 3.8) is 0 Å². The molecule has 0 spiro atoms. The standard InChI is InChI=1S/C19H22N2O4/c22-17(20-14-7-8-14)12-3-5-13(6-4-12)18(23)21-9-15(11-1-2-11)16(10-21)19(24)25/h3-6,11,14-16H,1-2,7-10H2,(H,20,22)(H,24,25)/t15-,16+/m1/s1. The average Bonchev–Trinajstić information content (AvgIpc) is 3.54. The van der Waals surface area contributed by atoms with E-state index in [1.54, 1.807) is 29.2 Å². The molecule has 1 aromatic rings. The first-order valence-electron chi connectivity index (χ1n) is 8.96. The summed E-state index contributed by atoms with van der Waals surface area (Å²) in [5, 5.41) is 12.3.